The first-order valence-electron chi connectivity index (χ1n) is 13.2. The Morgan fingerprint density at radius 2 is 1.47 bits per heavy atom. The van der Waals surface area contributed by atoms with E-state index in [1.807, 2.05) is 54.6 Å². The number of hydrogen-bond donors (Lipinski definition) is 1. The Kier molecular flexibility index (Phi) is 9.38. The van der Waals surface area contributed by atoms with Gasteiger partial charge in [-0.3, -0.25) is 19.8 Å². The summed E-state index contributed by atoms with van der Waals surface area (Å²) in [5.41, 5.74) is 2.95. The maximum Gasteiger partial charge on any atom is 0.270 e. The van der Waals surface area contributed by atoms with E-state index in [1.165, 1.54) is 18.1 Å². The van der Waals surface area contributed by atoms with E-state index in [1.54, 1.807) is 43.5 Å². The van der Waals surface area contributed by atoms with Crippen LogP contribution in [0.2, 0.25) is 0 Å². The Balaban J connectivity index is 1.33. The fourth-order valence-corrected chi connectivity index (χ4v) is 5.27. The first-order valence-corrected chi connectivity index (χ1v) is 14.4. The highest BCUT2D eigenvalue weighted by atomic mass is 79.9. The lowest BCUT2D eigenvalue weighted by Gasteiger charge is -2.28. The second-order valence-corrected chi connectivity index (χ2v) is 10.6. The van der Waals surface area contributed by atoms with E-state index in [-0.39, 0.29) is 17.3 Å². The van der Waals surface area contributed by atoms with E-state index in [0.717, 1.165) is 11.1 Å². The highest BCUT2D eigenvalue weighted by Gasteiger charge is 2.34. The average molecular weight is 660 g/mol. The van der Waals surface area contributed by atoms with Crippen LogP contribution in [0.4, 0.5) is 5.69 Å². The Hall–Kier alpha value is -4.67. The van der Waals surface area contributed by atoms with E-state index < -0.39 is 11.8 Å². The molecule has 10 heteroatoms. The summed E-state index contributed by atoms with van der Waals surface area (Å²) in [6.07, 6.45) is 1.49. The molecular formula is C33H27BrN2O6S. The number of methoxy groups -OCH3 is 2. The molecule has 4 aromatic carbocycles. The predicted molar refractivity (Wildman–Crippen MR) is 171 cm³/mol. The van der Waals surface area contributed by atoms with Gasteiger partial charge in [-0.15, -0.1) is 0 Å². The molecule has 218 valence electrons. The van der Waals surface area contributed by atoms with Crippen LogP contribution in [0.25, 0.3) is 6.08 Å². The number of nitrogens with one attached hydrogen (secondary N) is 1. The molecule has 2 amide bonds. The maximum atomic E-state index is 13.3. The quantitative estimate of drug-likeness (QED) is 0.119. The lowest BCUT2D eigenvalue weighted by atomic mass is 10.1. The van der Waals surface area contributed by atoms with Gasteiger partial charge in [0.2, 0.25) is 0 Å². The number of nitrogens with zero attached hydrogens (tertiary/aromatic N) is 1. The van der Waals surface area contributed by atoms with Crippen molar-refractivity contribution >= 4 is 56.8 Å². The van der Waals surface area contributed by atoms with E-state index in [4.69, 9.17) is 31.2 Å². The Morgan fingerprint density at radius 1 is 0.791 bits per heavy atom. The van der Waals surface area contributed by atoms with Crippen molar-refractivity contribution in [3.63, 3.8) is 0 Å². The van der Waals surface area contributed by atoms with Crippen molar-refractivity contribution < 1.29 is 28.5 Å². The zero-order valence-electron chi connectivity index (χ0n) is 23.3. The predicted octanol–water partition coefficient (Wildman–Crippen LogP) is 6.46. The molecule has 0 radical (unpaired) electrons. The van der Waals surface area contributed by atoms with Crippen LogP contribution in [-0.4, -0.2) is 31.1 Å². The van der Waals surface area contributed by atoms with Crippen LogP contribution >= 0.6 is 28.1 Å². The number of thiocarbonyl (C=S) groups is 1. The van der Waals surface area contributed by atoms with Crippen LogP contribution in [0.3, 0.4) is 0 Å². The third-order valence-corrected chi connectivity index (χ3v) is 7.40. The number of anilines is 1. The highest BCUT2D eigenvalue weighted by molar-refractivity contribution is 9.10. The standard InChI is InChI=1S/C33H27BrN2O6S/c1-39-28-17-22(13-14-27(28)41-19-21-9-5-3-6-10-21)20-42-30-26(34)16-23(18-29(30)40-2)15-25-31(37)35-33(43)36(32(25)38)24-11-7-4-8-12-24/h3-18H,19-20H2,1-2H3,(H,35,37,43)/b25-15-. The molecule has 1 heterocycles. The van der Waals surface area contributed by atoms with E-state index >= 15 is 0 Å². The zero-order chi connectivity index (χ0) is 30.3. The minimum Gasteiger partial charge on any atom is -0.493 e. The van der Waals surface area contributed by atoms with Crippen molar-refractivity contribution in [3.05, 3.63) is 118 Å². The summed E-state index contributed by atoms with van der Waals surface area (Å²) in [6.45, 7) is 0.638. The van der Waals surface area contributed by atoms with Crippen molar-refractivity contribution in [2.75, 3.05) is 19.1 Å². The molecule has 1 fully saturated rings. The molecule has 1 saturated heterocycles. The lowest BCUT2D eigenvalue weighted by Crippen LogP contribution is -2.54. The number of amides is 2. The van der Waals surface area contributed by atoms with Gasteiger partial charge in [0.15, 0.2) is 28.1 Å². The van der Waals surface area contributed by atoms with Gasteiger partial charge < -0.3 is 18.9 Å². The molecule has 1 aliphatic heterocycles. The molecule has 0 unspecified atom stereocenters. The molecule has 5 rings (SSSR count). The Bertz CT molecular complexity index is 1690. The Morgan fingerprint density at radius 3 is 2.16 bits per heavy atom. The maximum absolute atomic E-state index is 13.3. The van der Waals surface area contributed by atoms with Crippen molar-refractivity contribution in [3.8, 4) is 23.0 Å². The van der Waals surface area contributed by atoms with Gasteiger partial charge in [0.05, 0.1) is 24.4 Å². The van der Waals surface area contributed by atoms with Crippen molar-refractivity contribution in [2.24, 2.45) is 0 Å². The first kappa shape index (κ1) is 29.8. The lowest BCUT2D eigenvalue weighted by molar-refractivity contribution is -0.122. The summed E-state index contributed by atoms with van der Waals surface area (Å²) in [4.78, 5) is 27.4. The van der Waals surface area contributed by atoms with Gasteiger partial charge in [0.25, 0.3) is 11.8 Å². The Labute approximate surface area is 263 Å². The molecule has 1 aliphatic rings. The van der Waals surface area contributed by atoms with Gasteiger partial charge in [0.1, 0.15) is 18.8 Å². The van der Waals surface area contributed by atoms with E-state index in [9.17, 15) is 9.59 Å². The topological polar surface area (TPSA) is 86.3 Å². The van der Waals surface area contributed by atoms with Crippen LogP contribution in [-0.2, 0) is 22.8 Å². The third kappa shape index (κ3) is 6.87. The van der Waals surface area contributed by atoms with Crippen LogP contribution in [0, 0.1) is 0 Å². The molecule has 4 aromatic rings. The molecule has 0 spiro atoms. The molecule has 1 N–H and O–H groups in total. The van der Waals surface area contributed by atoms with Gasteiger partial charge in [-0.1, -0.05) is 54.6 Å². The summed E-state index contributed by atoms with van der Waals surface area (Å²) < 4.78 is 23.8. The van der Waals surface area contributed by atoms with Gasteiger partial charge in [0, 0.05) is 0 Å². The molecule has 0 bridgehead atoms. The number of ether oxygens (including phenoxy) is 4. The molecule has 0 aromatic heterocycles. The fourth-order valence-electron chi connectivity index (χ4n) is 4.41. The SMILES string of the molecule is COc1cc(COc2c(Br)cc(/C=C3/C(=O)NC(=S)N(c4ccccc4)C3=O)cc2OC)ccc1OCc1ccccc1. The van der Waals surface area contributed by atoms with Gasteiger partial charge >= 0.3 is 0 Å². The highest BCUT2D eigenvalue weighted by Crippen LogP contribution is 2.38. The molecule has 0 saturated carbocycles. The summed E-state index contributed by atoms with van der Waals surface area (Å²) in [7, 11) is 3.10. The average Bonchev–Trinajstić information content (AvgIpc) is 3.02. The normalized spacial score (nSPS) is 14.0. The molecule has 0 aliphatic carbocycles. The van der Waals surface area contributed by atoms with Crippen molar-refractivity contribution in [2.45, 2.75) is 13.2 Å². The second kappa shape index (κ2) is 13.5. The van der Waals surface area contributed by atoms with Crippen LogP contribution in [0.5, 0.6) is 23.0 Å². The number of carbonyl (C=O) groups is 2. The van der Waals surface area contributed by atoms with E-state index in [2.05, 4.69) is 21.2 Å². The number of para-hydroxylation sites is 1. The first-order chi connectivity index (χ1) is 20.9. The number of rotatable bonds is 10. The number of halogens is 1. The number of carbonyl (C=O) groups excluding carboxylic acids is 2. The van der Waals surface area contributed by atoms with Crippen LogP contribution in [0.1, 0.15) is 16.7 Å². The van der Waals surface area contributed by atoms with Crippen LogP contribution in [0.15, 0.2) is 101 Å². The smallest absolute Gasteiger partial charge is 0.270 e. The minimum absolute atomic E-state index is 0.0216. The third-order valence-electron chi connectivity index (χ3n) is 6.53. The second-order valence-electron chi connectivity index (χ2n) is 9.38. The summed E-state index contributed by atoms with van der Waals surface area (Å²) in [5, 5.41) is 2.62. The van der Waals surface area contributed by atoms with E-state index in [0.29, 0.717) is 45.3 Å². The summed E-state index contributed by atoms with van der Waals surface area (Å²) in [6, 6.07) is 27.8. The van der Waals surface area contributed by atoms with Crippen LogP contribution < -0.4 is 29.2 Å². The largest absolute Gasteiger partial charge is 0.493 e. The number of benzene rings is 4. The van der Waals surface area contributed by atoms with Crippen molar-refractivity contribution in [1.29, 1.82) is 0 Å². The molecule has 0 atom stereocenters. The number of hydrogen-bond acceptors (Lipinski definition) is 7. The van der Waals surface area contributed by atoms with Gasteiger partial charge in [-0.2, -0.15) is 0 Å². The summed E-state index contributed by atoms with van der Waals surface area (Å²) in [5.74, 6) is 0.974. The fraction of sp³-hybridized carbons (Fsp3) is 0.121. The van der Waals surface area contributed by atoms with Crippen molar-refractivity contribution in [1.82, 2.24) is 5.32 Å². The summed E-state index contributed by atoms with van der Waals surface area (Å²) >= 11 is 8.82. The minimum atomic E-state index is -0.581. The van der Waals surface area contributed by atoms with Gasteiger partial charge in [-0.25, -0.2) is 0 Å². The molecule has 8 nitrogen and oxygen atoms in total. The monoisotopic (exact) mass is 658 g/mol. The zero-order valence-corrected chi connectivity index (χ0v) is 25.7. The van der Waals surface area contributed by atoms with Gasteiger partial charge in [-0.05, 0) is 87.3 Å². The molecular weight excluding hydrogens is 632 g/mol. The molecule has 43 heavy (non-hydrogen) atoms.